The van der Waals surface area contributed by atoms with Crippen LogP contribution in [0.1, 0.15) is 66.4 Å². The van der Waals surface area contributed by atoms with Crippen LogP contribution in [0.2, 0.25) is 0 Å². The molecule has 1 aromatic heterocycles. The Morgan fingerprint density at radius 1 is 1.09 bits per heavy atom. The maximum absolute atomic E-state index is 12.5. The molecule has 2 aliphatic rings. The van der Waals surface area contributed by atoms with Crippen molar-refractivity contribution in [3.63, 3.8) is 0 Å². The molecule has 22 heavy (non-hydrogen) atoms. The van der Waals surface area contributed by atoms with Gasteiger partial charge in [0.05, 0.1) is 4.88 Å². The normalized spacial score (nSPS) is 22.7. The van der Waals surface area contributed by atoms with Crippen molar-refractivity contribution < 1.29 is 4.79 Å². The summed E-state index contributed by atoms with van der Waals surface area (Å²) in [5.41, 5.74) is 0. The van der Waals surface area contributed by atoms with Gasteiger partial charge in [-0.1, -0.05) is 39.0 Å². The minimum atomic E-state index is 0.252. The molecule has 0 spiro atoms. The van der Waals surface area contributed by atoms with Crippen molar-refractivity contribution in [1.29, 1.82) is 0 Å². The van der Waals surface area contributed by atoms with Gasteiger partial charge in [-0.25, -0.2) is 0 Å². The van der Waals surface area contributed by atoms with Gasteiger partial charge in [-0.2, -0.15) is 0 Å². The van der Waals surface area contributed by atoms with E-state index < -0.39 is 0 Å². The van der Waals surface area contributed by atoms with E-state index >= 15 is 0 Å². The van der Waals surface area contributed by atoms with Crippen LogP contribution in [-0.4, -0.2) is 23.9 Å². The second-order valence-corrected chi connectivity index (χ2v) is 8.59. The van der Waals surface area contributed by atoms with Gasteiger partial charge in [0.25, 0.3) is 5.91 Å². The minimum Gasteiger partial charge on any atom is -0.338 e. The summed E-state index contributed by atoms with van der Waals surface area (Å²) in [6, 6.07) is 4.04. The number of aryl methyl sites for hydroxylation is 1. The molecule has 1 aromatic rings. The number of hydrogen-bond donors (Lipinski definition) is 0. The first kappa shape index (κ1) is 16.0. The van der Waals surface area contributed by atoms with Crippen molar-refractivity contribution in [3.8, 4) is 0 Å². The van der Waals surface area contributed by atoms with Crippen LogP contribution in [0, 0.1) is 24.7 Å². The number of thiophene rings is 1. The summed E-state index contributed by atoms with van der Waals surface area (Å²) in [5.74, 6) is 2.88. The minimum absolute atomic E-state index is 0.252. The van der Waals surface area contributed by atoms with Gasteiger partial charge in [-0.05, 0) is 49.7 Å². The Morgan fingerprint density at radius 2 is 1.73 bits per heavy atom. The lowest BCUT2D eigenvalue weighted by Crippen LogP contribution is -2.40. The third-order valence-electron chi connectivity index (χ3n) is 5.91. The second-order valence-electron chi connectivity index (χ2n) is 7.30. The molecule has 1 saturated carbocycles. The molecule has 3 heteroatoms. The summed E-state index contributed by atoms with van der Waals surface area (Å²) in [6.07, 6.45) is 9.59. The van der Waals surface area contributed by atoms with Crippen LogP contribution in [0.5, 0.6) is 0 Å². The standard InChI is InChI=1S/C19H29NOS/c1-14-8-9-18(22-14)19(21)20-12-10-17(11-13-20)15(2)16-6-4-3-5-7-16/h8-9,15-17H,3-7,10-13H2,1-2H3. The number of carbonyl (C=O) groups excluding carboxylic acids is 1. The fraction of sp³-hybridized carbons (Fsp3) is 0.737. The number of amides is 1. The summed E-state index contributed by atoms with van der Waals surface area (Å²) in [5, 5.41) is 0. The van der Waals surface area contributed by atoms with E-state index in [1.54, 1.807) is 11.3 Å². The molecule has 2 heterocycles. The molecule has 0 radical (unpaired) electrons. The molecule has 1 atom stereocenters. The Morgan fingerprint density at radius 3 is 2.32 bits per heavy atom. The van der Waals surface area contributed by atoms with Crippen molar-refractivity contribution in [2.75, 3.05) is 13.1 Å². The van der Waals surface area contributed by atoms with E-state index in [-0.39, 0.29) is 5.91 Å². The van der Waals surface area contributed by atoms with Crippen molar-refractivity contribution in [1.82, 2.24) is 4.90 Å². The van der Waals surface area contributed by atoms with Gasteiger partial charge in [-0.15, -0.1) is 11.3 Å². The number of likely N-dealkylation sites (tertiary alicyclic amines) is 1. The summed E-state index contributed by atoms with van der Waals surface area (Å²) >= 11 is 1.63. The second kappa shape index (κ2) is 7.16. The largest absolute Gasteiger partial charge is 0.338 e. The highest BCUT2D eigenvalue weighted by atomic mass is 32.1. The number of rotatable bonds is 3. The number of hydrogen-bond acceptors (Lipinski definition) is 2. The third kappa shape index (κ3) is 3.56. The average molecular weight is 320 g/mol. The molecule has 0 N–H and O–H groups in total. The van der Waals surface area contributed by atoms with Gasteiger partial charge >= 0.3 is 0 Å². The van der Waals surface area contributed by atoms with Crippen molar-refractivity contribution in [3.05, 3.63) is 21.9 Å². The van der Waals surface area contributed by atoms with Crippen LogP contribution < -0.4 is 0 Å². The van der Waals surface area contributed by atoms with Crippen LogP contribution in [0.15, 0.2) is 12.1 Å². The summed E-state index contributed by atoms with van der Waals surface area (Å²) < 4.78 is 0. The first-order chi connectivity index (χ1) is 10.6. The van der Waals surface area contributed by atoms with Crippen LogP contribution >= 0.6 is 11.3 Å². The molecule has 0 bridgehead atoms. The number of carbonyl (C=O) groups is 1. The van der Waals surface area contributed by atoms with Crippen LogP contribution in [-0.2, 0) is 0 Å². The van der Waals surface area contributed by atoms with Gasteiger partial charge in [0.2, 0.25) is 0 Å². The van der Waals surface area contributed by atoms with Gasteiger partial charge in [-0.3, -0.25) is 4.79 Å². The quantitative estimate of drug-likeness (QED) is 0.756. The smallest absolute Gasteiger partial charge is 0.263 e. The van der Waals surface area contributed by atoms with E-state index in [4.69, 9.17) is 0 Å². The number of nitrogens with zero attached hydrogens (tertiary/aromatic N) is 1. The Labute approximate surface area is 138 Å². The molecule has 1 amide bonds. The van der Waals surface area contributed by atoms with E-state index in [9.17, 15) is 4.79 Å². The zero-order valence-corrected chi connectivity index (χ0v) is 14.8. The highest BCUT2D eigenvalue weighted by Gasteiger charge is 2.31. The fourth-order valence-corrected chi connectivity index (χ4v) is 5.21. The molecule has 3 rings (SSSR count). The maximum Gasteiger partial charge on any atom is 0.263 e. The monoisotopic (exact) mass is 319 g/mol. The molecule has 1 aliphatic carbocycles. The van der Waals surface area contributed by atoms with Gasteiger partial charge in [0.1, 0.15) is 0 Å². The molecule has 1 aliphatic heterocycles. The number of piperidine rings is 1. The Balaban J connectivity index is 1.52. The zero-order chi connectivity index (χ0) is 15.5. The highest BCUT2D eigenvalue weighted by molar-refractivity contribution is 7.13. The molecule has 0 aromatic carbocycles. The van der Waals surface area contributed by atoms with Crippen molar-refractivity contribution in [2.45, 2.75) is 58.8 Å². The van der Waals surface area contributed by atoms with Crippen LogP contribution in [0.3, 0.4) is 0 Å². The van der Waals surface area contributed by atoms with Crippen molar-refractivity contribution in [2.24, 2.45) is 17.8 Å². The van der Waals surface area contributed by atoms with Crippen LogP contribution in [0.4, 0.5) is 0 Å². The van der Waals surface area contributed by atoms with E-state index in [2.05, 4.69) is 24.8 Å². The zero-order valence-electron chi connectivity index (χ0n) is 14.0. The maximum atomic E-state index is 12.5. The fourth-order valence-electron chi connectivity index (χ4n) is 4.38. The summed E-state index contributed by atoms with van der Waals surface area (Å²) in [6.45, 7) is 6.45. The SMILES string of the molecule is Cc1ccc(C(=O)N2CCC(C(C)C3CCCCC3)CC2)s1. The molecule has 2 nitrogen and oxygen atoms in total. The lowest BCUT2D eigenvalue weighted by Gasteiger charge is -2.39. The van der Waals surface area contributed by atoms with E-state index in [1.807, 2.05) is 6.07 Å². The van der Waals surface area contributed by atoms with Gasteiger partial charge in [0.15, 0.2) is 0 Å². The van der Waals surface area contributed by atoms with E-state index in [1.165, 1.54) is 49.8 Å². The Hall–Kier alpha value is -0.830. The van der Waals surface area contributed by atoms with E-state index in [0.717, 1.165) is 35.7 Å². The molecular weight excluding hydrogens is 290 g/mol. The van der Waals surface area contributed by atoms with E-state index in [0.29, 0.717) is 0 Å². The third-order valence-corrected chi connectivity index (χ3v) is 6.90. The van der Waals surface area contributed by atoms with Crippen LogP contribution in [0.25, 0.3) is 0 Å². The van der Waals surface area contributed by atoms with Gasteiger partial charge < -0.3 is 4.90 Å². The highest BCUT2D eigenvalue weighted by Crippen LogP contribution is 2.37. The summed E-state index contributed by atoms with van der Waals surface area (Å²) in [4.78, 5) is 16.7. The lowest BCUT2D eigenvalue weighted by atomic mass is 9.72. The topological polar surface area (TPSA) is 20.3 Å². The molecular formula is C19H29NOS. The molecule has 122 valence electrons. The first-order valence-corrected chi connectivity index (χ1v) is 9.82. The van der Waals surface area contributed by atoms with Crippen molar-refractivity contribution >= 4 is 17.2 Å². The molecule has 1 unspecified atom stereocenters. The predicted molar refractivity (Wildman–Crippen MR) is 93.4 cm³/mol. The molecule has 1 saturated heterocycles. The lowest BCUT2D eigenvalue weighted by molar-refractivity contribution is 0.0624. The average Bonchev–Trinajstić information content (AvgIpc) is 3.01. The Kier molecular flexibility index (Phi) is 5.22. The van der Waals surface area contributed by atoms with Gasteiger partial charge in [0, 0.05) is 18.0 Å². The Bertz CT molecular complexity index is 495. The summed E-state index contributed by atoms with van der Waals surface area (Å²) in [7, 11) is 0. The first-order valence-electron chi connectivity index (χ1n) is 9.01. The molecule has 2 fully saturated rings. The predicted octanol–water partition coefficient (Wildman–Crippen LogP) is 5.13.